The molecule has 1 heterocycles. The highest BCUT2D eigenvalue weighted by atomic mass is 16.3. The number of piperidine rings is 1. The molecule has 0 radical (unpaired) electrons. The molecule has 1 saturated heterocycles. The van der Waals surface area contributed by atoms with E-state index in [1.54, 1.807) is 0 Å². The molecule has 1 aliphatic carbocycles. The van der Waals surface area contributed by atoms with Gasteiger partial charge in [-0.1, -0.05) is 19.3 Å². The molecule has 1 unspecified atom stereocenters. The normalized spacial score (nSPS) is 30.2. The second-order valence-corrected chi connectivity index (χ2v) is 6.53. The van der Waals surface area contributed by atoms with Crippen molar-refractivity contribution in [3.05, 3.63) is 0 Å². The van der Waals surface area contributed by atoms with Gasteiger partial charge in [0.2, 0.25) is 5.91 Å². The minimum atomic E-state index is -0.571. The Bertz CT molecular complexity index is 299. The van der Waals surface area contributed by atoms with Crippen LogP contribution in [0.5, 0.6) is 0 Å². The van der Waals surface area contributed by atoms with Crippen LogP contribution in [0.4, 0.5) is 0 Å². The highest BCUT2D eigenvalue weighted by molar-refractivity contribution is 5.76. The second kappa shape index (κ2) is 6.71. The first kappa shape index (κ1) is 14.8. The van der Waals surface area contributed by atoms with Gasteiger partial charge in [-0.2, -0.15) is 0 Å². The van der Waals surface area contributed by atoms with Crippen molar-refractivity contribution in [2.45, 2.75) is 69.9 Å². The lowest BCUT2D eigenvalue weighted by atomic mass is 9.95. The fourth-order valence-corrected chi connectivity index (χ4v) is 3.32. The van der Waals surface area contributed by atoms with Gasteiger partial charge < -0.3 is 10.4 Å². The zero-order chi connectivity index (χ0) is 13.7. The minimum absolute atomic E-state index is 0.178. The molecular formula is C15H28N2O2. The molecule has 2 aliphatic rings. The van der Waals surface area contributed by atoms with E-state index in [4.69, 9.17) is 0 Å². The first-order chi connectivity index (χ1) is 9.05. The van der Waals surface area contributed by atoms with Crippen molar-refractivity contribution < 1.29 is 9.90 Å². The van der Waals surface area contributed by atoms with Crippen LogP contribution in [-0.2, 0) is 4.79 Å². The van der Waals surface area contributed by atoms with Gasteiger partial charge >= 0.3 is 0 Å². The van der Waals surface area contributed by atoms with Crippen molar-refractivity contribution in [1.82, 2.24) is 10.2 Å². The molecule has 0 aromatic heterocycles. The van der Waals surface area contributed by atoms with Gasteiger partial charge in [0.1, 0.15) is 0 Å². The van der Waals surface area contributed by atoms with E-state index >= 15 is 0 Å². The SMILES string of the molecule is CC1(O)CCCN(CCC(=O)NC2CCCCC2)C1. The molecule has 4 heteroatoms. The van der Waals surface area contributed by atoms with Crippen molar-refractivity contribution in [2.75, 3.05) is 19.6 Å². The molecule has 4 nitrogen and oxygen atoms in total. The van der Waals surface area contributed by atoms with Crippen LogP contribution in [0.1, 0.15) is 58.3 Å². The van der Waals surface area contributed by atoms with E-state index in [1.165, 1.54) is 19.3 Å². The molecule has 110 valence electrons. The predicted octanol–water partition coefficient (Wildman–Crippen LogP) is 1.67. The standard InChI is InChI=1S/C15H28N2O2/c1-15(19)9-5-10-17(12-15)11-8-14(18)16-13-6-3-2-4-7-13/h13,19H,2-12H2,1H3,(H,16,18). The van der Waals surface area contributed by atoms with E-state index in [1.807, 2.05) is 6.92 Å². The summed E-state index contributed by atoms with van der Waals surface area (Å²) in [4.78, 5) is 14.1. The molecule has 1 saturated carbocycles. The van der Waals surface area contributed by atoms with Crippen LogP contribution in [0, 0.1) is 0 Å². The summed E-state index contributed by atoms with van der Waals surface area (Å²) in [6.45, 7) is 4.37. The fraction of sp³-hybridized carbons (Fsp3) is 0.933. The van der Waals surface area contributed by atoms with Crippen LogP contribution in [0.15, 0.2) is 0 Å². The fourth-order valence-electron chi connectivity index (χ4n) is 3.32. The van der Waals surface area contributed by atoms with E-state index in [-0.39, 0.29) is 5.91 Å². The lowest BCUT2D eigenvalue weighted by Crippen LogP contribution is -2.47. The van der Waals surface area contributed by atoms with Crippen molar-refractivity contribution in [2.24, 2.45) is 0 Å². The quantitative estimate of drug-likeness (QED) is 0.815. The summed E-state index contributed by atoms with van der Waals surface area (Å²) < 4.78 is 0. The first-order valence-corrected chi connectivity index (χ1v) is 7.79. The molecule has 19 heavy (non-hydrogen) atoms. The lowest BCUT2D eigenvalue weighted by molar-refractivity contribution is -0.122. The van der Waals surface area contributed by atoms with Gasteiger partial charge in [0, 0.05) is 25.6 Å². The van der Waals surface area contributed by atoms with E-state index in [9.17, 15) is 9.90 Å². The molecule has 2 rings (SSSR count). The summed E-state index contributed by atoms with van der Waals surface area (Å²) in [5, 5.41) is 13.2. The minimum Gasteiger partial charge on any atom is -0.389 e. The van der Waals surface area contributed by atoms with Crippen molar-refractivity contribution in [1.29, 1.82) is 0 Å². The van der Waals surface area contributed by atoms with Gasteiger partial charge in [-0.05, 0) is 39.2 Å². The number of rotatable bonds is 4. The Labute approximate surface area is 116 Å². The van der Waals surface area contributed by atoms with E-state index in [0.717, 1.165) is 38.8 Å². The second-order valence-electron chi connectivity index (χ2n) is 6.53. The Morgan fingerprint density at radius 3 is 2.74 bits per heavy atom. The van der Waals surface area contributed by atoms with Gasteiger partial charge in [0.15, 0.2) is 0 Å². The van der Waals surface area contributed by atoms with Gasteiger partial charge in [0.05, 0.1) is 5.60 Å². The molecule has 0 aromatic carbocycles. The van der Waals surface area contributed by atoms with Crippen LogP contribution in [0.2, 0.25) is 0 Å². The Morgan fingerprint density at radius 2 is 2.05 bits per heavy atom. The topological polar surface area (TPSA) is 52.6 Å². The average Bonchev–Trinajstić information content (AvgIpc) is 2.36. The summed E-state index contributed by atoms with van der Waals surface area (Å²) in [5.41, 5.74) is -0.571. The number of carbonyl (C=O) groups excluding carboxylic acids is 1. The van der Waals surface area contributed by atoms with Crippen LogP contribution in [0.25, 0.3) is 0 Å². The summed E-state index contributed by atoms with van der Waals surface area (Å²) in [6, 6.07) is 0.408. The molecule has 1 amide bonds. The van der Waals surface area contributed by atoms with Crippen LogP contribution in [0.3, 0.4) is 0 Å². The van der Waals surface area contributed by atoms with Gasteiger partial charge in [-0.3, -0.25) is 9.69 Å². The van der Waals surface area contributed by atoms with Crippen LogP contribution >= 0.6 is 0 Å². The molecule has 0 spiro atoms. The maximum atomic E-state index is 11.9. The average molecular weight is 268 g/mol. The number of β-amino-alcohol motifs (C(OH)–C–C–N with tert-alkyl or cyclic N) is 1. The third-order valence-electron chi connectivity index (χ3n) is 4.38. The third-order valence-corrected chi connectivity index (χ3v) is 4.38. The smallest absolute Gasteiger partial charge is 0.221 e. The van der Waals surface area contributed by atoms with E-state index < -0.39 is 5.60 Å². The molecule has 2 fully saturated rings. The zero-order valence-corrected chi connectivity index (χ0v) is 12.2. The monoisotopic (exact) mass is 268 g/mol. The summed E-state index contributed by atoms with van der Waals surface area (Å²) in [7, 11) is 0. The number of aliphatic hydroxyl groups is 1. The molecule has 2 N–H and O–H groups in total. The Hall–Kier alpha value is -0.610. The number of amides is 1. The highest BCUT2D eigenvalue weighted by Gasteiger charge is 2.28. The molecule has 0 aromatic rings. The number of nitrogens with zero attached hydrogens (tertiary/aromatic N) is 1. The maximum absolute atomic E-state index is 11.9. The van der Waals surface area contributed by atoms with E-state index in [2.05, 4.69) is 10.2 Å². The molecule has 1 atom stereocenters. The van der Waals surface area contributed by atoms with E-state index in [0.29, 0.717) is 19.0 Å². The van der Waals surface area contributed by atoms with Crippen molar-refractivity contribution in [3.8, 4) is 0 Å². The van der Waals surface area contributed by atoms with Crippen LogP contribution < -0.4 is 5.32 Å². The molecular weight excluding hydrogens is 240 g/mol. The number of hydrogen-bond acceptors (Lipinski definition) is 3. The first-order valence-electron chi connectivity index (χ1n) is 7.79. The van der Waals surface area contributed by atoms with Crippen LogP contribution in [-0.4, -0.2) is 47.2 Å². The summed E-state index contributed by atoms with van der Waals surface area (Å²) in [6.07, 6.45) is 8.56. The Balaban J connectivity index is 1.65. The highest BCUT2D eigenvalue weighted by Crippen LogP contribution is 2.20. The van der Waals surface area contributed by atoms with Gasteiger partial charge in [0.25, 0.3) is 0 Å². The van der Waals surface area contributed by atoms with Gasteiger partial charge in [-0.15, -0.1) is 0 Å². The Morgan fingerprint density at radius 1 is 1.32 bits per heavy atom. The van der Waals surface area contributed by atoms with Gasteiger partial charge in [-0.25, -0.2) is 0 Å². The number of likely N-dealkylation sites (tertiary alicyclic amines) is 1. The van der Waals surface area contributed by atoms with Crippen molar-refractivity contribution in [3.63, 3.8) is 0 Å². The number of hydrogen-bond donors (Lipinski definition) is 2. The largest absolute Gasteiger partial charge is 0.389 e. The molecule has 1 aliphatic heterocycles. The zero-order valence-electron chi connectivity index (χ0n) is 12.2. The molecule has 0 bridgehead atoms. The summed E-state index contributed by atoms with van der Waals surface area (Å²) >= 11 is 0. The number of nitrogens with one attached hydrogen (secondary N) is 1. The predicted molar refractivity (Wildman–Crippen MR) is 75.9 cm³/mol. The Kier molecular flexibility index (Phi) is 5.22. The van der Waals surface area contributed by atoms with Crippen molar-refractivity contribution >= 4 is 5.91 Å². The maximum Gasteiger partial charge on any atom is 0.221 e. The third kappa shape index (κ3) is 5.11. The number of carbonyl (C=O) groups is 1. The summed E-state index contributed by atoms with van der Waals surface area (Å²) in [5.74, 6) is 0.178. The lowest BCUT2D eigenvalue weighted by Gasteiger charge is -2.36.